The van der Waals surface area contributed by atoms with Crippen LogP contribution < -0.4 is 10.5 Å². The Balaban J connectivity index is 2.21. The summed E-state index contributed by atoms with van der Waals surface area (Å²) in [7, 11) is 0. The van der Waals surface area contributed by atoms with Gasteiger partial charge in [0.2, 0.25) is 5.88 Å². The highest BCUT2D eigenvalue weighted by molar-refractivity contribution is 5.89. The average molecular weight is 272 g/mol. The maximum absolute atomic E-state index is 11.7. The van der Waals surface area contributed by atoms with Crippen LogP contribution in [0.1, 0.15) is 22.8 Å². The van der Waals surface area contributed by atoms with Gasteiger partial charge in [-0.1, -0.05) is 12.1 Å². The van der Waals surface area contributed by atoms with E-state index in [1.165, 1.54) is 0 Å². The molecular formula is C15H16N2O3. The molecule has 2 rings (SSSR count). The summed E-state index contributed by atoms with van der Waals surface area (Å²) in [6, 6.07) is 10.4. The van der Waals surface area contributed by atoms with E-state index in [1.807, 2.05) is 6.07 Å². The topological polar surface area (TPSA) is 74.4 Å². The van der Waals surface area contributed by atoms with Gasteiger partial charge in [-0.2, -0.15) is 0 Å². The van der Waals surface area contributed by atoms with Crippen LogP contribution >= 0.6 is 0 Å². The summed E-state index contributed by atoms with van der Waals surface area (Å²) in [4.78, 5) is 15.8. The Labute approximate surface area is 117 Å². The third kappa shape index (κ3) is 3.33. The van der Waals surface area contributed by atoms with Gasteiger partial charge >= 0.3 is 5.97 Å². The van der Waals surface area contributed by atoms with Crippen molar-refractivity contribution in [2.75, 3.05) is 6.61 Å². The Morgan fingerprint density at radius 3 is 2.90 bits per heavy atom. The zero-order chi connectivity index (χ0) is 14.4. The number of aromatic nitrogens is 1. The lowest BCUT2D eigenvalue weighted by Crippen LogP contribution is -2.05. The maximum atomic E-state index is 11.7. The molecule has 1 aromatic heterocycles. The summed E-state index contributed by atoms with van der Waals surface area (Å²) < 4.78 is 10.6. The van der Waals surface area contributed by atoms with Gasteiger partial charge < -0.3 is 15.2 Å². The van der Waals surface area contributed by atoms with Crippen LogP contribution in [0.5, 0.6) is 11.6 Å². The molecule has 0 aliphatic heterocycles. The van der Waals surface area contributed by atoms with E-state index >= 15 is 0 Å². The molecule has 0 atom stereocenters. The molecule has 0 radical (unpaired) electrons. The van der Waals surface area contributed by atoms with Crippen LogP contribution in [0.3, 0.4) is 0 Å². The monoisotopic (exact) mass is 272 g/mol. The number of pyridine rings is 1. The van der Waals surface area contributed by atoms with Gasteiger partial charge in [0, 0.05) is 18.3 Å². The summed E-state index contributed by atoms with van der Waals surface area (Å²) >= 11 is 0. The molecule has 0 bridgehead atoms. The third-order valence-electron chi connectivity index (χ3n) is 2.63. The third-order valence-corrected chi connectivity index (χ3v) is 2.63. The fourth-order valence-electron chi connectivity index (χ4n) is 1.68. The Morgan fingerprint density at radius 1 is 1.30 bits per heavy atom. The van der Waals surface area contributed by atoms with E-state index < -0.39 is 0 Å². The zero-order valence-electron chi connectivity index (χ0n) is 11.2. The molecule has 0 spiro atoms. The maximum Gasteiger partial charge on any atom is 0.338 e. The Morgan fingerprint density at radius 2 is 2.15 bits per heavy atom. The largest absolute Gasteiger partial charge is 0.462 e. The van der Waals surface area contributed by atoms with Crippen molar-refractivity contribution in [2.24, 2.45) is 5.73 Å². The highest BCUT2D eigenvalue weighted by Gasteiger charge is 2.09. The number of rotatable bonds is 5. The highest BCUT2D eigenvalue weighted by Crippen LogP contribution is 2.23. The van der Waals surface area contributed by atoms with E-state index in [1.54, 1.807) is 43.5 Å². The second kappa shape index (κ2) is 6.68. The van der Waals surface area contributed by atoms with E-state index in [2.05, 4.69) is 4.98 Å². The minimum Gasteiger partial charge on any atom is -0.462 e. The number of nitrogens with two attached hydrogens (primary N) is 1. The van der Waals surface area contributed by atoms with E-state index in [4.69, 9.17) is 15.2 Å². The van der Waals surface area contributed by atoms with Gasteiger partial charge in [-0.3, -0.25) is 0 Å². The second-order valence-corrected chi connectivity index (χ2v) is 4.02. The first-order valence-corrected chi connectivity index (χ1v) is 6.33. The van der Waals surface area contributed by atoms with Crippen molar-refractivity contribution >= 4 is 5.97 Å². The molecule has 0 saturated carbocycles. The first kappa shape index (κ1) is 14.0. The van der Waals surface area contributed by atoms with Crippen LogP contribution in [0.25, 0.3) is 0 Å². The molecule has 20 heavy (non-hydrogen) atoms. The lowest BCUT2D eigenvalue weighted by atomic mass is 10.2. The van der Waals surface area contributed by atoms with Gasteiger partial charge in [0.1, 0.15) is 5.75 Å². The molecule has 0 saturated heterocycles. The van der Waals surface area contributed by atoms with Crippen molar-refractivity contribution in [3.05, 3.63) is 53.7 Å². The minimum absolute atomic E-state index is 0.334. The summed E-state index contributed by atoms with van der Waals surface area (Å²) in [6.45, 7) is 2.43. The Hall–Kier alpha value is -2.40. The van der Waals surface area contributed by atoms with Crippen LogP contribution in [-0.2, 0) is 11.3 Å². The van der Waals surface area contributed by atoms with Crippen molar-refractivity contribution in [2.45, 2.75) is 13.5 Å². The molecule has 2 N–H and O–H groups in total. The van der Waals surface area contributed by atoms with Gasteiger partial charge in [-0.05, 0) is 31.2 Å². The lowest BCUT2D eigenvalue weighted by Gasteiger charge is -2.09. The smallest absolute Gasteiger partial charge is 0.338 e. The van der Waals surface area contributed by atoms with Crippen molar-refractivity contribution in [3.8, 4) is 11.6 Å². The Kier molecular flexibility index (Phi) is 4.68. The highest BCUT2D eigenvalue weighted by atomic mass is 16.5. The average Bonchev–Trinajstić information content (AvgIpc) is 2.48. The number of hydrogen-bond acceptors (Lipinski definition) is 5. The number of ether oxygens (including phenoxy) is 2. The number of hydrogen-bond donors (Lipinski definition) is 1. The number of esters is 1. The summed E-state index contributed by atoms with van der Waals surface area (Å²) in [5.74, 6) is 0.581. The van der Waals surface area contributed by atoms with Crippen molar-refractivity contribution in [1.29, 1.82) is 0 Å². The molecule has 5 heteroatoms. The van der Waals surface area contributed by atoms with Crippen LogP contribution in [0.2, 0.25) is 0 Å². The normalized spacial score (nSPS) is 10.1. The van der Waals surface area contributed by atoms with E-state index in [0.29, 0.717) is 30.3 Å². The molecule has 0 amide bonds. The summed E-state index contributed by atoms with van der Waals surface area (Å²) in [5, 5.41) is 0. The second-order valence-electron chi connectivity index (χ2n) is 4.02. The minimum atomic E-state index is -0.377. The lowest BCUT2D eigenvalue weighted by molar-refractivity contribution is 0.0526. The first-order valence-electron chi connectivity index (χ1n) is 6.33. The standard InChI is InChI=1S/C15H16N2O3/c1-2-19-15(18)11-5-3-7-13(9-11)20-14-12(10-16)6-4-8-17-14/h3-9H,2,10,16H2,1H3. The predicted octanol–water partition coefficient (Wildman–Crippen LogP) is 2.51. The molecular weight excluding hydrogens is 256 g/mol. The summed E-state index contributed by atoms with van der Waals surface area (Å²) in [5.41, 5.74) is 6.87. The quantitative estimate of drug-likeness (QED) is 0.846. The molecule has 5 nitrogen and oxygen atoms in total. The van der Waals surface area contributed by atoms with Gasteiger partial charge in [-0.15, -0.1) is 0 Å². The number of benzene rings is 1. The Bertz CT molecular complexity index is 599. The molecule has 1 heterocycles. The number of carbonyl (C=O) groups is 1. The van der Waals surface area contributed by atoms with Gasteiger partial charge in [0.15, 0.2) is 0 Å². The van der Waals surface area contributed by atoms with Gasteiger partial charge in [0.25, 0.3) is 0 Å². The van der Waals surface area contributed by atoms with Crippen molar-refractivity contribution < 1.29 is 14.3 Å². The predicted molar refractivity (Wildman–Crippen MR) is 74.6 cm³/mol. The van der Waals surface area contributed by atoms with E-state index in [-0.39, 0.29) is 5.97 Å². The fourth-order valence-corrected chi connectivity index (χ4v) is 1.68. The van der Waals surface area contributed by atoms with Crippen LogP contribution in [0.4, 0.5) is 0 Å². The van der Waals surface area contributed by atoms with E-state index in [9.17, 15) is 4.79 Å². The molecule has 2 aromatic rings. The van der Waals surface area contributed by atoms with E-state index in [0.717, 1.165) is 5.56 Å². The molecule has 0 fully saturated rings. The zero-order valence-corrected chi connectivity index (χ0v) is 11.2. The molecule has 0 unspecified atom stereocenters. The van der Waals surface area contributed by atoms with Crippen LogP contribution in [0.15, 0.2) is 42.6 Å². The van der Waals surface area contributed by atoms with Gasteiger partial charge in [-0.25, -0.2) is 9.78 Å². The van der Waals surface area contributed by atoms with Crippen molar-refractivity contribution in [3.63, 3.8) is 0 Å². The van der Waals surface area contributed by atoms with Crippen LogP contribution in [0, 0.1) is 0 Å². The SMILES string of the molecule is CCOC(=O)c1cccc(Oc2ncccc2CN)c1. The summed E-state index contributed by atoms with van der Waals surface area (Å²) in [6.07, 6.45) is 1.63. The van der Waals surface area contributed by atoms with Gasteiger partial charge in [0.05, 0.1) is 12.2 Å². The molecule has 104 valence electrons. The van der Waals surface area contributed by atoms with Crippen molar-refractivity contribution in [1.82, 2.24) is 4.98 Å². The number of nitrogens with zero attached hydrogens (tertiary/aromatic N) is 1. The fraction of sp³-hybridized carbons (Fsp3) is 0.200. The molecule has 0 aliphatic rings. The van der Waals surface area contributed by atoms with Crippen LogP contribution in [-0.4, -0.2) is 17.6 Å². The molecule has 1 aromatic carbocycles. The first-order chi connectivity index (χ1) is 9.74. The molecule has 0 aliphatic carbocycles. The number of carbonyl (C=O) groups excluding carboxylic acids is 1.